The van der Waals surface area contributed by atoms with Crippen LogP contribution in [0.3, 0.4) is 0 Å². The summed E-state index contributed by atoms with van der Waals surface area (Å²) in [6.45, 7) is 1.68. The average molecular weight is 253 g/mol. The van der Waals surface area contributed by atoms with Crippen LogP contribution in [0.5, 0.6) is 5.75 Å². The quantitative estimate of drug-likeness (QED) is 0.771. The third kappa shape index (κ3) is 3.97. The molecule has 1 rings (SSSR count). The standard InChI is InChI=1S/C12H13ClN2O2/c1-9(12(16)15(2)7-6-14)17-11-5-3-4-10(13)8-11/h3-5,8-9H,7H2,1-2H3. The fourth-order valence-corrected chi connectivity index (χ4v) is 1.47. The molecule has 0 N–H and O–H groups in total. The molecule has 0 radical (unpaired) electrons. The van der Waals surface area contributed by atoms with Gasteiger partial charge in [-0.2, -0.15) is 5.26 Å². The predicted molar refractivity (Wildman–Crippen MR) is 64.8 cm³/mol. The third-order valence-corrected chi connectivity index (χ3v) is 2.38. The minimum absolute atomic E-state index is 0.0437. The van der Waals surface area contributed by atoms with Crippen molar-refractivity contribution < 1.29 is 9.53 Å². The summed E-state index contributed by atoms with van der Waals surface area (Å²) < 4.78 is 5.44. The zero-order valence-electron chi connectivity index (χ0n) is 9.68. The summed E-state index contributed by atoms with van der Waals surface area (Å²) in [6.07, 6.45) is -0.646. The lowest BCUT2D eigenvalue weighted by Crippen LogP contribution is -2.38. The molecule has 0 aliphatic heterocycles. The molecule has 1 atom stereocenters. The number of hydrogen-bond acceptors (Lipinski definition) is 3. The Kier molecular flexibility index (Phi) is 4.80. The molecule has 0 aliphatic carbocycles. The Morgan fingerprint density at radius 3 is 2.94 bits per heavy atom. The highest BCUT2D eigenvalue weighted by Crippen LogP contribution is 2.18. The first-order valence-electron chi connectivity index (χ1n) is 5.08. The van der Waals surface area contributed by atoms with Crippen molar-refractivity contribution in [1.29, 1.82) is 5.26 Å². The maximum Gasteiger partial charge on any atom is 0.263 e. The Bertz CT molecular complexity index is 442. The molecule has 17 heavy (non-hydrogen) atoms. The number of hydrogen-bond donors (Lipinski definition) is 0. The molecule has 0 saturated carbocycles. The Morgan fingerprint density at radius 2 is 2.35 bits per heavy atom. The van der Waals surface area contributed by atoms with Crippen LogP contribution in [-0.4, -0.2) is 30.5 Å². The van der Waals surface area contributed by atoms with E-state index in [4.69, 9.17) is 21.6 Å². The van der Waals surface area contributed by atoms with Crippen molar-refractivity contribution in [2.75, 3.05) is 13.6 Å². The molecule has 5 heteroatoms. The zero-order chi connectivity index (χ0) is 12.8. The molecule has 0 aromatic heterocycles. The molecule has 0 saturated heterocycles. The van der Waals surface area contributed by atoms with E-state index in [1.165, 1.54) is 4.90 Å². The van der Waals surface area contributed by atoms with Crippen LogP contribution in [-0.2, 0) is 4.79 Å². The van der Waals surface area contributed by atoms with Gasteiger partial charge in [-0.15, -0.1) is 0 Å². The van der Waals surface area contributed by atoms with Gasteiger partial charge < -0.3 is 9.64 Å². The number of carbonyl (C=O) groups excluding carboxylic acids is 1. The monoisotopic (exact) mass is 252 g/mol. The van der Waals surface area contributed by atoms with Gasteiger partial charge in [-0.3, -0.25) is 4.79 Å². The maximum atomic E-state index is 11.7. The van der Waals surface area contributed by atoms with Gasteiger partial charge in [-0.05, 0) is 25.1 Å². The summed E-state index contributed by atoms with van der Waals surface area (Å²) in [5.74, 6) is 0.287. The molecule has 1 amide bonds. The number of nitriles is 1. The first kappa shape index (κ1) is 13.3. The first-order chi connectivity index (χ1) is 8.04. The van der Waals surface area contributed by atoms with Gasteiger partial charge in [0.25, 0.3) is 5.91 Å². The van der Waals surface area contributed by atoms with E-state index >= 15 is 0 Å². The van der Waals surface area contributed by atoms with Gasteiger partial charge in [-0.1, -0.05) is 17.7 Å². The highest BCUT2D eigenvalue weighted by Gasteiger charge is 2.18. The van der Waals surface area contributed by atoms with Gasteiger partial charge in [0.05, 0.1) is 6.07 Å². The van der Waals surface area contributed by atoms with Gasteiger partial charge in [0, 0.05) is 12.1 Å². The number of benzene rings is 1. The Morgan fingerprint density at radius 1 is 1.65 bits per heavy atom. The first-order valence-corrected chi connectivity index (χ1v) is 5.46. The Balaban J connectivity index is 2.63. The van der Waals surface area contributed by atoms with E-state index in [-0.39, 0.29) is 12.5 Å². The molecular formula is C12H13ClN2O2. The summed E-state index contributed by atoms with van der Waals surface area (Å²) in [5, 5.41) is 9.04. The highest BCUT2D eigenvalue weighted by molar-refractivity contribution is 6.30. The van der Waals surface area contributed by atoms with Gasteiger partial charge in [0.15, 0.2) is 6.10 Å². The van der Waals surface area contributed by atoms with Crippen LogP contribution in [0, 0.1) is 11.3 Å². The van der Waals surface area contributed by atoms with Crippen molar-refractivity contribution in [3.63, 3.8) is 0 Å². The highest BCUT2D eigenvalue weighted by atomic mass is 35.5. The van der Waals surface area contributed by atoms with E-state index in [9.17, 15) is 4.79 Å². The fraction of sp³-hybridized carbons (Fsp3) is 0.333. The average Bonchev–Trinajstić information content (AvgIpc) is 2.28. The molecule has 0 heterocycles. The molecule has 0 bridgehead atoms. The second kappa shape index (κ2) is 6.12. The smallest absolute Gasteiger partial charge is 0.263 e. The topological polar surface area (TPSA) is 53.3 Å². The summed E-state index contributed by atoms with van der Waals surface area (Å²) in [5.41, 5.74) is 0. The van der Waals surface area contributed by atoms with Crippen LogP contribution >= 0.6 is 11.6 Å². The Labute approximate surface area is 105 Å². The molecule has 1 aromatic carbocycles. The van der Waals surface area contributed by atoms with Crippen LogP contribution in [0.25, 0.3) is 0 Å². The number of nitrogens with zero attached hydrogens (tertiary/aromatic N) is 2. The zero-order valence-corrected chi connectivity index (χ0v) is 10.4. The number of ether oxygens (including phenoxy) is 1. The van der Waals surface area contributed by atoms with Crippen molar-refractivity contribution in [2.24, 2.45) is 0 Å². The SMILES string of the molecule is CC(Oc1cccc(Cl)c1)C(=O)N(C)CC#N. The number of likely N-dealkylation sites (N-methyl/N-ethyl adjacent to an activating group) is 1. The lowest BCUT2D eigenvalue weighted by atomic mass is 10.3. The van der Waals surface area contributed by atoms with Crippen LogP contribution in [0.4, 0.5) is 0 Å². The van der Waals surface area contributed by atoms with Crippen molar-refractivity contribution in [3.8, 4) is 11.8 Å². The summed E-state index contributed by atoms with van der Waals surface area (Å²) in [6, 6.07) is 8.73. The van der Waals surface area contributed by atoms with E-state index in [0.29, 0.717) is 10.8 Å². The minimum atomic E-state index is -0.646. The molecule has 0 fully saturated rings. The van der Waals surface area contributed by atoms with Crippen molar-refractivity contribution in [3.05, 3.63) is 29.3 Å². The van der Waals surface area contributed by atoms with Crippen LogP contribution in [0.2, 0.25) is 5.02 Å². The van der Waals surface area contributed by atoms with Crippen molar-refractivity contribution in [2.45, 2.75) is 13.0 Å². The molecule has 4 nitrogen and oxygen atoms in total. The van der Waals surface area contributed by atoms with Crippen molar-refractivity contribution >= 4 is 17.5 Å². The third-order valence-electron chi connectivity index (χ3n) is 2.14. The van der Waals surface area contributed by atoms with Crippen molar-refractivity contribution in [1.82, 2.24) is 4.90 Å². The lowest BCUT2D eigenvalue weighted by Gasteiger charge is -2.19. The van der Waals surface area contributed by atoms with E-state index in [1.54, 1.807) is 38.2 Å². The van der Waals surface area contributed by atoms with Gasteiger partial charge in [-0.25, -0.2) is 0 Å². The van der Waals surface area contributed by atoms with Gasteiger partial charge in [0.1, 0.15) is 12.3 Å². The van der Waals surface area contributed by atoms with E-state index in [1.807, 2.05) is 6.07 Å². The minimum Gasteiger partial charge on any atom is -0.481 e. The van der Waals surface area contributed by atoms with E-state index in [0.717, 1.165) is 0 Å². The fourth-order valence-electron chi connectivity index (χ4n) is 1.29. The number of halogens is 1. The lowest BCUT2D eigenvalue weighted by molar-refractivity contribution is -0.136. The molecule has 0 aliphatic rings. The maximum absolute atomic E-state index is 11.7. The molecule has 0 spiro atoms. The summed E-state index contributed by atoms with van der Waals surface area (Å²) in [7, 11) is 1.56. The van der Waals surface area contributed by atoms with E-state index in [2.05, 4.69) is 0 Å². The largest absolute Gasteiger partial charge is 0.481 e. The molecule has 1 aromatic rings. The van der Waals surface area contributed by atoms with Crippen LogP contribution in [0.1, 0.15) is 6.92 Å². The predicted octanol–water partition coefficient (Wildman–Crippen LogP) is 2.09. The number of rotatable bonds is 4. The molecule has 90 valence electrons. The normalized spacial score (nSPS) is 11.4. The van der Waals surface area contributed by atoms with Crippen LogP contribution < -0.4 is 4.74 Å². The van der Waals surface area contributed by atoms with Gasteiger partial charge >= 0.3 is 0 Å². The van der Waals surface area contributed by atoms with E-state index < -0.39 is 6.10 Å². The second-order valence-electron chi connectivity index (χ2n) is 3.57. The second-order valence-corrected chi connectivity index (χ2v) is 4.01. The number of amides is 1. The summed E-state index contributed by atoms with van der Waals surface area (Å²) >= 11 is 5.80. The number of carbonyl (C=O) groups is 1. The van der Waals surface area contributed by atoms with Crippen LogP contribution in [0.15, 0.2) is 24.3 Å². The molecule has 1 unspecified atom stereocenters. The molecular weight excluding hydrogens is 240 g/mol. The van der Waals surface area contributed by atoms with Gasteiger partial charge in [0.2, 0.25) is 0 Å². The summed E-state index contributed by atoms with van der Waals surface area (Å²) in [4.78, 5) is 13.1. The Hall–Kier alpha value is -1.73.